The summed E-state index contributed by atoms with van der Waals surface area (Å²) in [5, 5.41) is 0. The zero-order valence-electron chi connectivity index (χ0n) is 12.3. The van der Waals surface area contributed by atoms with Crippen LogP contribution < -0.4 is 0 Å². The minimum atomic E-state index is -0.493. The summed E-state index contributed by atoms with van der Waals surface area (Å²) in [5.74, 6) is -0.138. The zero-order valence-corrected chi connectivity index (χ0v) is 12.3. The lowest BCUT2D eigenvalue weighted by molar-refractivity contribution is -0.197. The number of carbonyl (C=O) groups excluding carboxylic acids is 1. The van der Waals surface area contributed by atoms with Gasteiger partial charge in [0.15, 0.2) is 12.4 Å². The van der Waals surface area contributed by atoms with E-state index in [1.54, 1.807) is 7.11 Å². The number of esters is 1. The molecule has 1 aliphatic carbocycles. The maximum atomic E-state index is 11.2. The molecule has 0 amide bonds. The van der Waals surface area contributed by atoms with Gasteiger partial charge in [0.1, 0.15) is 5.60 Å². The van der Waals surface area contributed by atoms with E-state index >= 15 is 0 Å². The van der Waals surface area contributed by atoms with Crippen molar-refractivity contribution in [3.8, 4) is 0 Å². The van der Waals surface area contributed by atoms with Crippen molar-refractivity contribution < 1.29 is 23.7 Å². The van der Waals surface area contributed by atoms with E-state index in [0.29, 0.717) is 13.2 Å². The van der Waals surface area contributed by atoms with E-state index in [1.165, 1.54) is 6.92 Å². The fourth-order valence-electron chi connectivity index (χ4n) is 2.98. The van der Waals surface area contributed by atoms with Crippen molar-refractivity contribution in [3.05, 3.63) is 35.9 Å². The zero-order chi connectivity index (χ0) is 14.9. The third-order valence-electron chi connectivity index (χ3n) is 4.09. The molecule has 1 aromatic carbocycles. The molecule has 21 heavy (non-hydrogen) atoms. The third-order valence-corrected chi connectivity index (χ3v) is 4.09. The lowest BCUT2D eigenvalue weighted by Crippen LogP contribution is -2.32. The molecular formula is C16H20O5. The number of fused-ring (bicyclic) bond motifs is 1. The summed E-state index contributed by atoms with van der Waals surface area (Å²) in [4.78, 5) is 11.2. The Balaban J connectivity index is 1.54. The predicted octanol–water partition coefficient (Wildman–Crippen LogP) is 1.90. The molecule has 0 bridgehead atoms. The standard InChI is InChI=1S/C16H20O5/c1-11(17)20-14-13-8-16(13,21-15(14)18-2)10-19-9-12-6-4-3-5-7-12/h3-7,13-15H,8-10H2,1-2H3/t13-,14+,15-,16+/m0/s1. The number of benzene rings is 1. The Bertz CT molecular complexity index is 503. The quantitative estimate of drug-likeness (QED) is 0.750. The predicted molar refractivity (Wildman–Crippen MR) is 74.4 cm³/mol. The maximum absolute atomic E-state index is 11.2. The highest BCUT2D eigenvalue weighted by Gasteiger charge is 2.69. The summed E-state index contributed by atoms with van der Waals surface area (Å²) in [6.45, 7) is 2.44. The molecule has 1 aliphatic heterocycles. The molecule has 0 spiro atoms. The Morgan fingerprint density at radius 2 is 2.14 bits per heavy atom. The Hall–Kier alpha value is -1.43. The molecule has 2 aliphatic rings. The first-order valence-corrected chi connectivity index (χ1v) is 7.14. The van der Waals surface area contributed by atoms with Crippen LogP contribution in [0.1, 0.15) is 18.9 Å². The van der Waals surface area contributed by atoms with Gasteiger partial charge in [-0.15, -0.1) is 0 Å². The molecule has 114 valence electrons. The molecule has 1 saturated heterocycles. The Morgan fingerprint density at radius 1 is 1.38 bits per heavy atom. The fraction of sp³-hybridized carbons (Fsp3) is 0.562. The monoisotopic (exact) mass is 292 g/mol. The number of hydrogen-bond acceptors (Lipinski definition) is 5. The van der Waals surface area contributed by atoms with Gasteiger partial charge >= 0.3 is 5.97 Å². The van der Waals surface area contributed by atoms with Crippen LogP contribution in [0, 0.1) is 5.92 Å². The van der Waals surface area contributed by atoms with Gasteiger partial charge in [0.05, 0.1) is 13.2 Å². The number of rotatable bonds is 6. The minimum absolute atomic E-state index is 0.169. The van der Waals surface area contributed by atoms with Gasteiger partial charge in [-0.25, -0.2) is 0 Å². The summed E-state index contributed by atoms with van der Waals surface area (Å²) < 4.78 is 22.2. The molecule has 3 rings (SSSR count). The summed E-state index contributed by atoms with van der Waals surface area (Å²) in [6, 6.07) is 10.0. The van der Waals surface area contributed by atoms with Crippen molar-refractivity contribution in [2.45, 2.75) is 37.9 Å². The molecule has 2 fully saturated rings. The van der Waals surface area contributed by atoms with Crippen LogP contribution in [0.2, 0.25) is 0 Å². The van der Waals surface area contributed by atoms with Crippen LogP contribution >= 0.6 is 0 Å². The van der Waals surface area contributed by atoms with Crippen LogP contribution in [0.3, 0.4) is 0 Å². The van der Waals surface area contributed by atoms with Gasteiger partial charge in [-0.2, -0.15) is 0 Å². The smallest absolute Gasteiger partial charge is 0.303 e. The number of ether oxygens (including phenoxy) is 4. The number of methoxy groups -OCH3 is 1. The van der Waals surface area contributed by atoms with Gasteiger partial charge in [-0.3, -0.25) is 4.79 Å². The van der Waals surface area contributed by atoms with E-state index in [-0.39, 0.29) is 23.6 Å². The molecular weight excluding hydrogens is 272 g/mol. The van der Waals surface area contributed by atoms with Crippen molar-refractivity contribution in [1.82, 2.24) is 0 Å². The third kappa shape index (κ3) is 2.95. The number of carbonyl (C=O) groups is 1. The van der Waals surface area contributed by atoms with Gasteiger partial charge in [0.25, 0.3) is 0 Å². The van der Waals surface area contributed by atoms with Gasteiger partial charge in [-0.1, -0.05) is 30.3 Å². The molecule has 0 aromatic heterocycles. The molecule has 0 unspecified atom stereocenters. The Kier molecular flexibility index (Phi) is 3.97. The largest absolute Gasteiger partial charge is 0.457 e. The van der Waals surface area contributed by atoms with E-state index in [4.69, 9.17) is 18.9 Å². The molecule has 5 heteroatoms. The average Bonchev–Trinajstić information content (AvgIpc) is 3.10. The molecule has 5 nitrogen and oxygen atoms in total. The van der Waals surface area contributed by atoms with E-state index < -0.39 is 6.29 Å². The van der Waals surface area contributed by atoms with Gasteiger partial charge in [-0.05, 0) is 12.0 Å². The van der Waals surface area contributed by atoms with E-state index in [2.05, 4.69) is 0 Å². The summed E-state index contributed by atoms with van der Waals surface area (Å²) >= 11 is 0. The molecule has 0 radical (unpaired) electrons. The lowest BCUT2D eigenvalue weighted by Gasteiger charge is -2.21. The summed E-state index contributed by atoms with van der Waals surface area (Å²) in [7, 11) is 1.56. The second kappa shape index (κ2) is 5.75. The molecule has 1 saturated carbocycles. The second-order valence-electron chi connectivity index (χ2n) is 5.65. The van der Waals surface area contributed by atoms with Crippen molar-refractivity contribution in [2.75, 3.05) is 13.7 Å². The summed E-state index contributed by atoms with van der Waals surface area (Å²) in [5.41, 5.74) is 0.777. The Labute approximate surface area is 124 Å². The van der Waals surface area contributed by atoms with Crippen molar-refractivity contribution in [1.29, 1.82) is 0 Å². The van der Waals surface area contributed by atoms with E-state index in [1.807, 2.05) is 30.3 Å². The number of hydrogen-bond donors (Lipinski definition) is 0. The van der Waals surface area contributed by atoms with Crippen LogP contribution in [0.15, 0.2) is 30.3 Å². The first-order valence-electron chi connectivity index (χ1n) is 7.14. The van der Waals surface area contributed by atoms with Crippen molar-refractivity contribution >= 4 is 5.97 Å². The van der Waals surface area contributed by atoms with Crippen LogP contribution in [0.4, 0.5) is 0 Å². The van der Waals surface area contributed by atoms with Crippen LogP contribution in [-0.4, -0.2) is 37.7 Å². The SMILES string of the molecule is CO[C@H]1O[C@@]2(COCc3ccccc3)C[C@H]2[C@H]1OC(C)=O. The second-order valence-corrected chi connectivity index (χ2v) is 5.65. The first kappa shape index (κ1) is 14.5. The van der Waals surface area contributed by atoms with E-state index in [0.717, 1.165) is 12.0 Å². The first-order chi connectivity index (χ1) is 10.1. The lowest BCUT2D eigenvalue weighted by atomic mass is 10.2. The minimum Gasteiger partial charge on any atom is -0.457 e. The highest BCUT2D eigenvalue weighted by Crippen LogP contribution is 2.57. The average molecular weight is 292 g/mol. The van der Waals surface area contributed by atoms with Crippen LogP contribution in [0.5, 0.6) is 0 Å². The van der Waals surface area contributed by atoms with Crippen LogP contribution in [0.25, 0.3) is 0 Å². The molecule has 4 atom stereocenters. The highest BCUT2D eigenvalue weighted by molar-refractivity contribution is 5.66. The molecule has 1 heterocycles. The highest BCUT2D eigenvalue weighted by atomic mass is 16.7. The van der Waals surface area contributed by atoms with Gasteiger partial charge in [0.2, 0.25) is 0 Å². The van der Waals surface area contributed by atoms with Gasteiger partial charge < -0.3 is 18.9 Å². The fourth-order valence-corrected chi connectivity index (χ4v) is 2.98. The van der Waals surface area contributed by atoms with Crippen molar-refractivity contribution in [3.63, 3.8) is 0 Å². The van der Waals surface area contributed by atoms with Gasteiger partial charge in [0, 0.05) is 20.0 Å². The molecule has 1 aromatic rings. The maximum Gasteiger partial charge on any atom is 0.303 e. The topological polar surface area (TPSA) is 54.0 Å². The van der Waals surface area contributed by atoms with Crippen molar-refractivity contribution in [2.24, 2.45) is 5.92 Å². The van der Waals surface area contributed by atoms with E-state index in [9.17, 15) is 4.79 Å². The molecule has 0 N–H and O–H groups in total. The summed E-state index contributed by atoms with van der Waals surface area (Å²) in [6.07, 6.45) is 0.0281. The van der Waals surface area contributed by atoms with Crippen LogP contribution in [-0.2, 0) is 30.3 Å². The Morgan fingerprint density at radius 3 is 2.81 bits per heavy atom. The normalized spacial score (nSPS) is 33.5.